The molecule has 7 heteroatoms. The van der Waals surface area contributed by atoms with E-state index < -0.39 is 5.97 Å². The Bertz CT molecular complexity index is 1370. The molecule has 4 rings (SSSR count). The molecule has 4 aromatic rings. The van der Waals surface area contributed by atoms with Crippen LogP contribution in [-0.2, 0) is 16.2 Å². The Morgan fingerprint density at radius 1 is 0.914 bits per heavy atom. The van der Waals surface area contributed by atoms with Gasteiger partial charge in [-0.15, -0.1) is 0 Å². The van der Waals surface area contributed by atoms with Crippen LogP contribution in [0.3, 0.4) is 0 Å². The molecule has 0 radical (unpaired) electrons. The standard InChI is InChI=1S/C28H24F2N2O3/c1-18(31-35-17-21-6-4-5-7-25(21)28(33)34-3)26-16-27(20-8-10-22(29)11-9-20)32(19(26)2)24-14-12-23(30)13-15-24/h4-16H,17H2,1-3H3/b31-18+. The number of carbonyl (C=O) groups excluding carboxylic acids is 1. The zero-order chi connectivity index (χ0) is 24.9. The second kappa shape index (κ2) is 10.3. The molecular formula is C28H24F2N2O3. The molecule has 1 aromatic heterocycles. The first kappa shape index (κ1) is 23.9. The van der Waals surface area contributed by atoms with E-state index in [0.717, 1.165) is 28.2 Å². The number of esters is 1. The number of carbonyl (C=O) groups is 1. The maximum Gasteiger partial charge on any atom is 0.338 e. The van der Waals surface area contributed by atoms with Gasteiger partial charge in [0.15, 0.2) is 0 Å². The predicted molar refractivity (Wildman–Crippen MR) is 131 cm³/mol. The Labute approximate surface area is 202 Å². The molecule has 0 saturated heterocycles. The van der Waals surface area contributed by atoms with Crippen LogP contribution >= 0.6 is 0 Å². The van der Waals surface area contributed by atoms with E-state index in [2.05, 4.69) is 5.16 Å². The molecule has 0 N–H and O–H groups in total. The molecule has 0 bridgehead atoms. The van der Waals surface area contributed by atoms with Gasteiger partial charge >= 0.3 is 5.97 Å². The van der Waals surface area contributed by atoms with Crippen molar-refractivity contribution >= 4 is 11.7 Å². The third-order valence-electron chi connectivity index (χ3n) is 5.71. The van der Waals surface area contributed by atoms with Crippen LogP contribution in [0, 0.1) is 18.6 Å². The van der Waals surface area contributed by atoms with E-state index in [4.69, 9.17) is 9.57 Å². The minimum Gasteiger partial charge on any atom is -0.465 e. The van der Waals surface area contributed by atoms with Crippen LogP contribution < -0.4 is 0 Å². The summed E-state index contributed by atoms with van der Waals surface area (Å²) in [5.41, 5.74) is 5.72. The lowest BCUT2D eigenvalue weighted by molar-refractivity contribution is 0.0593. The van der Waals surface area contributed by atoms with Gasteiger partial charge in [0.1, 0.15) is 18.2 Å². The van der Waals surface area contributed by atoms with E-state index in [1.54, 1.807) is 42.5 Å². The molecule has 1 heterocycles. The predicted octanol–water partition coefficient (Wildman–Crippen LogP) is 6.46. The van der Waals surface area contributed by atoms with Crippen LogP contribution in [0.4, 0.5) is 8.78 Å². The molecule has 0 fully saturated rings. The van der Waals surface area contributed by atoms with Crippen molar-refractivity contribution in [1.82, 2.24) is 4.57 Å². The lowest BCUT2D eigenvalue weighted by Crippen LogP contribution is -2.06. The maximum atomic E-state index is 13.6. The number of ether oxygens (including phenoxy) is 1. The maximum absolute atomic E-state index is 13.6. The molecule has 0 atom stereocenters. The fourth-order valence-corrected chi connectivity index (χ4v) is 3.93. The topological polar surface area (TPSA) is 52.8 Å². The van der Waals surface area contributed by atoms with Crippen LogP contribution in [0.5, 0.6) is 0 Å². The summed E-state index contributed by atoms with van der Waals surface area (Å²) in [5.74, 6) is -1.11. The number of hydrogen-bond donors (Lipinski definition) is 0. The smallest absolute Gasteiger partial charge is 0.338 e. The van der Waals surface area contributed by atoms with Crippen molar-refractivity contribution in [2.24, 2.45) is 5.16 Å². The zero-order valence-corrected chi connectivity index (χ0v) is 19.6. The van der Waals surface area contributed by atoms with Gasteiger partial charge in [-0.1, -0.05) is 23.4 Å². The Morgan fingerprint density at radius 3 is 2.20 bits per heavy atom. The lowest BCUT2D eigenvalue weighted by Gasteiger charge is -2.12. The summed E-state index contributed by atoms with van der Waals surface area (Å²) in [6.45, 7) is 3.83. The van der Waals surface area contributed by atoms with Crippen molar-refractivity contribution in [2.75, 3.05) is 7.11 Å². The molecule has 35 heavy (non-hydrogen) atoms. The summed E-state index contributed by atoms with van der Waals surface area (Å²) in [7, 11) is 1.33. The van der Waals surface area contributed by atoms with Gasteiger partial charge < -0.3 is 14.1 Å². The van der Waals surface area contributed by atoms with Crippen molar-refractivity contribution < 1.29 is 23.1 Å². The molecule has 0 aliphatic carbocycles. The molecule has 0 spiro atoms. The van der Waals surface area contributed by atoms with Gasteiger partial charge in [0.2, 0.25) is 0 Å². The summed E-state index contributed by atoms with van der Waals surface area (Å²) < 4.78 is 33.9. The number of aromatic nitrogens is 1. The van der Waals surface area contributed by atoms with Gasteiger partial charge in [0.25, 0.3) is 0 Å². The first-order valence-corrected chi connectivity index (χ1v) is 11.0. The molecular weight excluding hydrogens is 450 g/mol. The van der Waals surface area contributed by atoms with Crippen molar-refractivity contribution in [1.29, 1.82) is 0 Å². The van der Waals surface area contributed by atoms with Crippen molar-refractivity contribution in [3.05, 3.63) is 113 Å². The fraction of sp³-hybridized carbons (Fsp3) is 0.143. The highest BCUT2D eigenvalue weighted by molar-refractivity contribution is 6.01. The summed E-state index contributed by atoms with van der Waals surface area (Å²) in [6.07, 6.45) is 0. The molecule has 0 amide bonds. The van der Waals surface area contributed by atoms with Crippen LogP contribution in [-0.4, -0.2) is 23.4 Å². The normalized spacial score (nSPS) is 11.4. The monoisotopic (exact) mass is 474 g/mol. The van der Waals surface area contributed by atoms with E-state index >= 15 is 0 Å². The summed E-state index contributed by atoms with van der Waals surface area (Å²) in [6, 6.07) is 21.3. The molecule has 5 nitrogen and oxygen atoms in total. The second-order valence-electron chi connectivity index (χ2n) is 7.95. The van der Waals surface area contributed by atoms with Crippen LogP contribution in [0.2, 0.25) is 0 Å². The van der Waals surface area contributed by atoms with Crippen LogP contribution in [0.25, 0.3) is 16.9 Å². The molecule has 3 aromatic carbocycles. The summed E-state index contributed by atoms with van der Waals surface area (Å²) in [5, 5.41) is 4.28. The number of rotatable bonds is 7. The van der Waals surface area contributed by atoms with Crippen LogP contribution in [0.15, 0.2) is 84.0 Å². The molecule has 0 unspecified atom stereocenters. The van der Waals surface area contributed by atoms with Crippen molar-refractivity contribution in [3.8, 4) is 16.9 Å². The number of benzene rings is 3. The minimum atomic E-state index is -0.443. The first-order valence-electron chi connectivity index (χ1n) is 11.0. The fourth-order valence-electron chi connectivity index (χ4n) is 3.93. The SMILES string of the molecule is COC(=O)c1ccccc1CO/N=C(\C)c1cc(-c2ccc(F)cc2)n(-c2ccc(F)cc2)c1C. The van der Waals surface area contributed by atoms with Crippen molar-refractivity contribution in [2.45, 2.75) is 20.5 Å². The Kier molecular flexibility index (Phi) is 7.06. The number of hydrogen-bond acceptors (Lipinski definition) is 4. The first-order chi connectivity index (χ1) is 16.9. The van der Waals surface area contributed by atoms with E-state index in [9.17, 15) is 13.6 Å². The van der Waals surface area contributed by atoms with Gasteiger partial charge in [-0.05, 0) is 80.1 Å². The Balaban J connectivity index is 1.69. The van der Waals surface area contributed by atoms with Gasteiger partial charge in [0, 0.05) is 22.5 Å². The second-order valence-corrected chi connectivity index (χ2v) is 7.95. The van der Waals surface area contributed by atoms with Gasteiger partial charge in [-0.3, -0.25) is 0 Å². The molecule has 178 valence electrons. The molecule has 0 aliphatic rings. The lowest BCUT2D eigenvalue weighted by atomic mass is 10.1. The quantitative estimate of drug-likeness (QED) is 0.176. The van der Waals surface area contributed by atoms with E-state index in [1.165, 1.54) is 31.4 Å². The van der Waals surface area contributed by atoms with Gasteiger partial charge in [-0.2, -0.15) is 0 Å². The average molecular weight is 475 g/mol. The third-order valence-corrected chi connectivity index (χ3v) is 5.71. The third kappa shape index (κ3) is 5.14. The Morgan fingerprint density at radius 2 is 1.54 bits per heavy atom. The van der Waals surface area contributed by atoms with Gasteiger partial charge in [-0.25, -0.2) is 13.6 Å². The Hall–Kier alpha value is -4.26. The highest BCUT2D eigenvalue weighted by Gasteiger charge is 2.18. The van der Waals surface area contributed by atoms with E-state index in [1.807, 2.05) is 30.5 Å². The van der Waals surface area contributed by atoms with E-state index in [0.29, 0.717) is 16.8 Å². The van der Waals surface area contributed by atoms with E-state index in [-0.39, 0.29) is 18.2 Å². The summed E-state index contributed by atoms with van der Waals surface area (Å²) in [4.78, 5) is 17.6. The van der Waals surface area contributed by atoms with Gasteiger partial charge in [0.05, 0.1) is 24.1 Å². The number of methoxy groups -OCH3 is 1. The van der Waals surface area contributed by atoms with Crippen molar-refractivity contribution in [3.63, 3.8) is 0 Å². The zero-order valence-electron chi connectivity index (χ0n) is 19.6. The minimum absolute atomic E-state index is 0.0884. The highest BCUT2D eigenvalue weighted by atomic mass is 19.1. The number of halogens is 2. The molecule has 0 aliphatic heterocycles. The number of nitrogens with zero attached hydrogens (tertiary/aromatic N) is 2. The molecule has 0 saturated carbocycles. The largest absolute Gasteiger partial charge is 0.465 e. The average Bonchev–Trinajstić information content (AvgIpc) is 3.21. The number of oxime groups is 1. The highest BCUT2D eigenvalue weighted by Crippen LogP contribution is 2.30. The van der Waals surface area contributed by atoms with Crippen LogP contribution in [0.1, 0.15) is 34.1 Å². The summed E-state index contributed by atoms with van der Waals surface area (Å²) >= 11 is 0.